The van der Waals surface area contributed by atoms with Crippen LogP contribution in [0.1, 0.15) is 29.9 Å². The van der Waals surface area contributed by atoms with Crippen LogP contribution >= 0.6 is 22.9 Å². The lowest BCUT2D eigenvalue weighted by Crippen LogP contribution is -2.42. The molecule has 0 radical (unpaired) electrons. The summed E-state index contributed by atoms with van der Waals surface area (Å²) in [5, 5.41) is 10.2. The molecule has 2 aromatic heterocycles. The summed E-state index contributed by atoms with van der Waals surface area (Å²) in [5.41, 5.74) is 0.0208. The van der Waals surface area contributed by atoms with Gasteiger partial charge in [0.1, 0.15) is 11.4 Å². The molecule has 1 N–H and O–H groups in total. The van der Waals surface area contributed by atoms with Gasteiger partial charge >= 0.3 is 11.7 Å². The standard InChI is InChI=1S/C20H19ClN2O5S/c1-20(2)7-13-14(10-28-20)29-18-16(13)17(26)22(9-15(24)25)19(27)23(18)8-11-3-5-12(21)6-4-11/h3-6H,7-10H2,1-2H3,(H,24,25). The van der Waals surface area contributed by atoms with Crippen molar-refractivity contribution in [3.63, 3.8) is 0 Å². The Hall–Kier alpha value is -2.42. The maximum Gasteiger partial charge on any atom is 0.332 e. The monoisotopic (exact) mass is 434 g/mol. The van der Waals surface area contributed by atoms with E-state index in [0.29, 0.717) is 28.3 Å². The first-order chi connectivity index (χ1) is 13.7. The van der Waals surface area contributed by atoms with Crippen LogP contribution in [0.15, 0.2) is 33.9 Å². The fourth-order valence-electron chi connectivity index (χ4n) is 3.59. The van der Waals surface area contributed by atoms with Crippen LogP contribution in [0.4, 0.5) is 0 Å². The molecular weight excluding hydrogens is 416 g/mol. The van der Waals surface area contributed by atoms with Gasteiger partial charge < -0.3 is 9.84 Å². The minimum absolute atomic E-state index is 0.204. The van der Waals surface area contributed by atoms with Gasteiger partial charge in [0, 0.05) is 16.3 Å². The number of thiophene rings is 1. The van der Waals surface area contributed by atoms with Crippen LogP contribution in [-0.2, 0) is 35.6 Å². The van der Waals surface area contributed by atoms with Gasteiger partial charge in [-0.15, -0.1) is 11.3 Å². The van der Waals surface area contributed by atoms with Crippen molar-refractivity contribution in [3.8, 4) is 0 Å². The van der Waals surface area contributed by atoms with E-state index in [0.717, 1.165) is 20.6 Å². The quantitative estimate of drug-likeness (QED) is 0.681. The van der Waals surface area contributed by atoms with Crippen molar-refractivity contribution < 1.29 is 14.6 Å². The van der Waals surface area contributed by atoms with Crippen LogP contribution in [0.2, 0.25) is 5.02 Å². The summed E-state index contributed by atoms with van der Waals surface area (Å²) in [5.74, 6) is -1.24. The highest BCUT2D eigenvalue weighted by atomic mass is 35.5. The van der Waals surface area contributed by atoms with Gasteiger partial charge in [-0.05, 0) is 37.1 Å². The smallest absolute Gasteiger partial charge is 0.332 e. The summed E-state index contributed by atoms with van der Waals surface area (Å²) in [6, 6.07) is 7.05. The molecule has 3 aromatic rings. The van der Waals surface area contributed by atoms with Crippen LogP contribution < -0.4 is 11.2 Å². The van der Waals surface area contributed by atoms with Crippen molar-refractivity contribution in [2.45, 2.75) is 45.6 Å². The van der Waals surface area contributed by atoms with Gasteiger partial charge in [0.25, 0.3) is 5.56 Å². The Balaban J connectivity index is 1.99. The lowest BCUT2D eigenvalue weighted by molar-refractivity contribution is -0.137. The molecule has 152 valence electrons. The highest BCUT2D eigenvalue weighted by molar-refractivity contribution is 7.18. The number of aromatic nitrogens is 2. The van der Waals surface area contributed by atoms with Gasteiger partial charge in [-0.25, -0.2) is 9.36 Å². The van der Waals surface area contributed by atoms with E-state index in [1.807, 2.05) is 13.8 Å². The number of ether oxygens (including phenoxy) is 1. The number of benzene rings is 1. The maximum absolute atomic E-state index is 13.1. The average molecular weight is 435 g/mol. The minimum Gasteiger partial charge on any atom is -0.480 e. The second-order valence-electron chi connectivity index (χ2n) is 7.69. The molecule has 0 unspecified atom stereocenters. The fraction of sp³-hybridized carbons (Fsp3) is 0.350. The Morgan fingerprint density at radius 2 is 1.93 bits per heavy atom. The number of halogens is 1. The van der Waals surface area contributed by atoms with E-state index in [2.05, 4.69) is 0 Å². The molecule has 29 heavy (non-hydrogen) atoms. The van der Waals surface area contributed by atoms with Gasteiger partial charge in [-0.2, -0.15) is 0 Å². The first-order valence-corrected chi connectivity index (χ1v) is 10.2. The third kappa shape index (κ3) is 3.63. The van der Waals surface area contributed by atoms with Crippen molar-refractivity contribution >= 4 is 39.1 Å². The molecule has 4 rings (SSSR count). The molecule has 1 aliphatic rings. The molecule has 0 saturated heterocycles. The highest BCUT2D eigenvalue weighted by Gasteiger charge is 2.32. The van der Waals surface area contributed by atoms with E-state index in [-0.39, 0.29) is 6.54 Å². The largest absolute Gasteiger partial charge is 0.480 e. The van der Waals surface area contributed by atoms with Crippen molar-refractivity contribution in [2.24, 2.45) is 0 Å². The first kappa shape index (κ1) is 19.9. The second-order valence-corrected chi connectivity index (χ2v) is 9.21. The van der Waals surface area contributed by atoms with E-state index in [1.54, 1.807) is 24.3 Å². The number of carbonyl (C=O) groups is 1. The Labute approximate surface area is 174 Å². The molecule has 0 aliphatic carbocycles. The third-order valence-corrected chi connectivity index (χ3v) is 6.46. The van der Waals surface area contributed by atoms with Crippen molar-refractivity contribution in [2.75, 3.05) is 0 Å². The number of hydrogen-bond donors (Lipinski definition) is 1. The van der Waals surface area contributed by atoms with Crippen LogP contribution in [0.5, 0.6) is 0 Å². The van der Waals surface area contributed by atoms with Crippen LogP contribution in [0.3, 0.4) is 0 Å². The van der Waals surface area contributed by atoms with Gasteiger partial charge in [-0.1, -0.05) is 23.7 Å². The molecule has 0 fully saturated rings. The predicted molar refractivity (Wildman–Crippen MR) is 111 cm³/mol. The minimum atomic E-state index is -1.24. The number of nitrogens with zero attached hydrogens (tertiary/aromatic N) is 2. The van der Waals surface area contributed by atoms with Crippen LogP contribution in [-0.4, -0.2) is 25.8 Å². The SMILES string of the molecule is CC1(C)Cc2c(sc3c2c(=O)n(CC(=O)O)c(=O)n3Cc2ccc(Cl)cc2)CO1. The highest BCUT2D eigenvalue weighted by Crippen LogP contribution is 2.37. The Morgan fingerprint density at radius 1 is 1.24 bits per heavy atom. The van der Waals surface area contributed by atoms with Crippen molar-refractivity contribution in [3.05, 3.63) is 66.1 Å². The molecule has 0 saturated carbocycles. The zero-order valence-electron chi connectivity index (χ0n) is 15.9. The summed E-state index contributed by atoms with van der Waals surface area (Å²) in [4.78, 5) is 38.9. The Kier molecular flexibility index (Phi) is 4.88. The zero-order chi connectivity index (χ0) is 20.9. The molecule has 0 amide bonds. The molecule has 1 aromatic carbocycles. The number of rotatable bonds is 4. The van der Waals surface area contributed by atoms with E-state index in [1.165, 1.54) is 15.9 Å². The van der Waals surface area contributed by atoms with E-state index < -0.39 is 29.4 Å². The van der Waals surface area contributed by atoms with Crippen molar-refractivity contribution in [1.29, 1.82) is 0 Å². The molecule has 3 heterocycles. The number of hydrogen-bond acceptors (Lipinski definition) is 5. The van der Waals surface area contributed by atoms with Gasteiger partial charge in [0.05, 0.1) is 24.1 Å². The topological polar surface area (TPSA) is 90.5 Å². The maximum atomic E-state index is 13.1. The van der Waals surface area contributed by atoms with E-state index >= 15 is 0 Å². The lowest BCUT2D eigenvalue weighted by Gasteiger charge is -2.29. The lowest BCUT2D eigenvalue weighted by atomic mass is 9.94. The van der Waals surface area contributed by atoms with Crippen molar-refractivity contribution in [1.82, 2.24) is 9.13 Å². The number of carboxylic acids is 1. The Morgan fingerprint density at radius 3 is 2.59 bits per heavy atom. The second kappa shape index (κ2) is 7.12. The molecular formula is C20H19ClN2O5S. The molecule has 0 bridgehead atoms. The van der Waals surface area contributed by atoms with Gasteiger partial charge in [0.15, 0.2) is 0 Å². The van der Waals surface area contributed by atoms with Crippen LogP contribution in [0.25, 0.3) is 10.2 Å². The molecule has 9 heteroatoms. The fourth-order valence-corrected chi connectivity index (χ4v) is 4.93. The predicted octanol–water partition coefficient (Wildman–Crippen LogP) is 2.86. The van der Waals surface area contributed by atoms with E-state index in [4.69, 9.17) is 16.3 Å². The summed E-state index contributed by atoms with van der Waals surface area (Å²) >= 11 is 7.31. The zero-order valence-corrected chi connectivity index (χ0v) is 17.5. The number of carboxylic acid groups (broad SMARTS) is 1. The summed E-state index contributed by atoms with van der Waals surface area (Å²) in [6.07, 6.45) is 0.518. The number of fused-ring (bicyclic) bond motifs is 3. The van der Waals surface area contributed by atoms with Crippen LogP contribution in [0, 0.1) is 0 Å². The van der Waals surface area contributed by atoms with Gasteiger partial charge in [0.2, 0.25) is 0 Å². The molecule has 0 atom stereocenters. The summed E-state index contributed by atoms with van der Waals surface area (Å²) in [7, 11) is 0. The normalized spacial score (nSPS) is 15.4. The molecule has 1 aliphatic heterocycles. The summed E-state index contributed by atoms with van der Waals surface area (Å²) in [6.45, 7) is 3.77. The average Bonchev–Trinajstić information content (AvgIpc) is 3.01. The number of aliphatic carboxylic acids is 1. The van der Waals surface area contributed by atoms with E-state index in [9.17, 15) is 19.5 Å². The molecule has 0 spiro atoms. The Bertz CT molecular complexity index is 1240. The summed E-state index contributed by atoms with van der Waals surface area (Å²) < 4.78 is 8.14. The first-order valence-electron chi connectivity index (χ1n) is 9.04. The third-order valence-electron chi connectivity index (χ3n) is 4.98. The van der Waals surface area contributed by atoms with Gasteiger partial charge in [-0.3, -0.25) is 14.2 Å². The molecule has 7 nitrogen and oxygen atoms in total.